The molecule has 0 bridgehead atoms. The number of benzene rings is 2. The maximum atomic E-state index is 13.1. The molecular weight excluding hydrogens is 447 g/mol. The lowest BCUT2D eigenvalue weighted by Crippen LogP contribution is -2.28. The number of methoxy groups -OCH3 is 1. The summed E-state index contributed by atoms with van der Waals surface area (Å²) < 4.78 is 56.6. The van der Waals surface area contributed by atoms with Gasteiger partial charge in [0.05, 0.1) is 30.9 Å². The third-order valence-electron chi connectivity index (χ3n) is 5.75. The molecule has 9 heteroatoms. The van der Waals surface area contributed by atoms with E-state index < -0.39 is 11.7 Å². The maximum absolute atomic E-state index is 13.1. The number of hydrogen-bond acceptors (Lipinski definition) is 6. The number of ether oxygens (including phenoxy) is 3. The highest BCUT2D eigenvalue weighted by Crippen LogP contribution is 2.35. The minimum absolute atomic E-state index is 0.170. The molecule has 1 aromatic heterocycles. The zero-order chi connectivity index (χ0) is 24.3. The smallest absolute Gasteiger partial charge is 0.416 e. The van der Waals surface area contributed by atoms with Gasteiger partial charge >= 0.3 is 6.18 Å². The van der Waals surface area contributed by atoms with Gasteiger partial charge in [-0.2, -0.15) is 13.2 Å². The van der Waals surface area contributed by atoms with Crippen LogP contribution in [0.1, 0.15) is 43.1 Å². The van der Waals surface area contributed by atoms with E-state index in [1.54, 1.807) is 32.2 Å². The Morgan fingerprint density at radius 3 is 2.59 bits per heavy atom. The van der Waals surface area contributed by atoms with Gasteiger partial charge in [-0.3, -0.25) is 0 Å². The molecule has 1 N–H and O–H groups in total. The summed E-state index contributed by atoms with van der Waals surface area (Å²) in [5.74, 6) is 2.09. The molecule has 1 aliphatic rings. The molecule has 2 aromatic carbocycles. The Bertz CT molecular complexity index is 1150. The first-order valence-corrected chi connectivity index (χ1v) is 11.3. The van der Waals surface area contributed by atoms with E-state index >= 15 is 0 Å². The number of fused-ring (bicyclic) bond motifs is 1. The quantitative estimate of drug-likeness (QED) is 0.415. The van der Waals surface area contributed by atoms with Crippen LogP contribution in [0.2, 0.25) is 0 Å². The predicted molar refractivity (Wildman–Crippen MR) is 123 cm³/mol. The number of nitrogens with one attached hydrogen (secondary N) is 1. The van der Waals surface area contributed by atoms with Crippen LogP contribution < -0.4 is 14.8 Å². The Morgan fingerprint density at radius 1 is 1.12 bits per heavy atom. The standard InChI is InChI=1S/C25H28F3N3O3/c1-15(14-33-19-8-5-9-19)34-23-11-20-21(12-22(23)32-3)30-16(2)31-24(20)29-13-17-6-4-7-18(10-17)25(26,27)28/h4,6-7,10-12,15,19H,5,8-9,13-14H2,1-3H3,(H,29,30,31). The summed E-state index contributed by atoms with van der Waals surface area (Å²) in [6.45, 7) is 4.33. The third-order valence-corrected chi connectivity index (χ3v) is 5.75. The number of hydrogen-bond donors (Lipinski definition) is 1. The van der Waals surface area contributed by atoms with E-state index in [9.17, 15) is 13.2 Å². The monoisotopic (exact) mass is 475 g/mol. The molecule has 1 saturated carbocycles. The molecule has 0 radical (unpaired) electrons. The van der Waals surface area contributed by atoms with Gasteiger partial charge in [0, 0.05) is 18.0 Å². The lowest BCUT2D eigenvalue weighted by atomic mass is 9.96. The lowest BCUT2D eigenvalue weighted by molar-refractivity contribution is -0.137. The Kier molecular flexibility index (Phi) is 7.11. The molecule has 1 unspecified atom stereocenters. The first-order valence-electron chi connectivity index (χ1n) is 11.3. The van der Waals surface area contributed by atoms with Crippen molar-refractivity contribution in [2.24, 2.45) is 0 Å². The minimum atomic E-state index is -4.39. The van der Waals surface area contributed by atoms with E-state index in [-0.39, 0.29) is 12.6 Å². The zero-order valence-corrected chi connectivity index (χ0v) is 19.4. The highest BCUT2D eigenvalue weighted by molar-refractivity contribution is 5.91. The van der Waals surface area contributed by atoms with Crippen LogP contribution in [0.15, 0.2) is 36.4 Å². The van der Waals surface area contributed by atoms with E-state index in [0.29, 0.717) is 52.3 Å². The van der Waals surface area contributed by atoms with Gasteiger partial charge in [0.25, 0.3) is 0 Å². The zero-order valence-electron chi connectivity index (χ0n) is 19.4. The van der Waals surface area contributed by atoms with Crippen molar-refractivity contribution in [3.05, 3.63) is 53.3 Å². The molecular formula is C25H28F3N3O3. The molecule has 0 amide bonds. The van der Waals surface area contributed by atoms with E-state index in [1.165, 1.54) is 12.5 Å². The van der Waals surface area contributed by atoms with Gasteiger partial charge in [0.2, 0.25) is 0 Å². The molecule has 182 valence electrons. The molecule has 34 heavy (non-hydrogen) atoms. The highest BCUT2D eigenvalue weighted by Gasteiger charge is 2.30. The first-order chi connectivity index (χ1) is 16.2. The highest BCUT2D eigenvalue weighted by atomic mass is 19.4. The van der Waals surface area contributed by atoms with Gasteiger partial charge in [-0.05, 0) is 56.9 Å². The Morgan fingerprint density at radius 2 is 1.91 bits per heavy atom. The molecule has 0 spiro atoms. The average molecular weight is 476 g/mol. The predicted octanol–water partition coefficient (Wildman–Crippen LogP) is 5.91. The van der Waals surface area contributed by atoms with E-state index in [2.05, 4.69) is 15.3 Å². The molecule has 3 aromatic rings. The Hall–Kier alpha value is -3.07. The second kappa shape index (κ2) is 10.0. The molecule has 1 atom stereocenters. The van der Waals surface area contributed by atoms with Gasteiger partial charge in [0.1, 0.15) is 17.7 Å². The molecule has 0 saturated heterocycles. The van der Waals surface area contributed by atoms with Crippen LogP contribution >= 0.6 is 0 Å². The summed E-state index contributed by atoms with van der Waals surface area (Å²) in [5, 5.41) is 3.84. The Labute approximate surface area is 196 Å². The van der Waals surface area contributed by atoms with Crippen LogP contribution in [-0.4, -0.2) is 35.9 Å². The minimum Gasteiger partial charge on any atom is -0.493 e. The van der Waals surface area contributed by atoms with Crippen molar-refractivity contribution in [1.29, 1.82) is 0 Å². The van der Waals surface area contributed by atoms with Crippen molar-refractivity contribution < 1.29 is 27.4 Å². The van der Waals surface area contributed by atoms with Gasteiger partial charge < -0.3 is 19.5 Å². The number of aryl methyl sites for hydroxylation is 1. The van der Waals surface area contributed by atoms with Crippen molar-refractivity contribution in [3.8, 4) is 11.5 Å². The van der Waals surface area contributed by atoms with Crippen LogP contribution in [0.4, 0.5) is 19.0 Å². The first kappa shape index (κ1) is 24.1. The SMILES string of the molecule is COc1cc2nc(C)nc(NCc3cccc(C(F)(F)F)c3)c2cc1OC(C)COC1CCC1. The summed E-state index contributed by atoms with van der Waals surface area (Å²) >= 11 is 0. The fourth-order valence-electron chi connectivity index (χ4n) is 3.74. The summed E-state index contributed by atoms with van der Waals surface area (Å²) in [5.41, 5.74) is 0.446. The van der Waals surface area contributed by atoms with Gasteiger partial charge in [-0.15, -0.1) is 0 Å². The van der Waals surface area contributed by atoms with Crippen LogP contribution in [0.5, 0.6) is 11.5 Å². The molecule has 1 fully saturated rings. The van der Waals surface area contributed by atoms with Crippen molar-refractivity contribution in [3.63, 3.8) is 0 Å². The number of rotatable bonds is 9. The van der Waals surface area contributed by atoms with Crippen LogP contribution in [0.25, 0.3) is 10.9 Å². The maximum Gasteiger partial charge on any atom is 0.416 e. The number of alkyl halides is 3. The second-order valence-corrected chi connectivity index (χ2v) is 8.51. The van der Waals surface area contributed by atoms with Crippen LogP contribution in [0, 0.1) is 6.92 Å². The fourth-order valence-corrected chi connectivity index (χ4v) is 3.74. The normalized spacial score (nSPS) is 15.1. The van der Waals surface area contributed by atoms with Crippen molar-refractivity contribution in [2.75, 3.05) is 19.0 Å². The number of anilines is 1. The van der Waals surface area contributed by atoms with E-state index in [0.717, 1.165) is 25.0 Å². The van der Waals surface area contributed by atoms with Crippen molar-refractivity contribution in [1.82, 2.24) is 9.97 Å². The summed E-state index contributed by atoms with van der Waals surface area (Å²) in [7, 11) is 1.56. The van der Waals surface area contributed by atoms with Crippen LogP contribution in [-0.2, 0) is 17.5 Å². The van der Waals surface area contributed by atoms with Crippen molar-refractivity contribution in [2.45, 2.75) is 58.0 Å². The van der Waals surface area contributed by atoms with Gasteiger partial charge in [-0.1, -0.05) is 12.1 Å². The van der Waals surface area contributed by atoms with Crippen molar-refractivity contribution >= 4 is 16.7 Å². The van der Waals surface area contributed by atoms with E-state index in [1.807, 2.05) is 6.92 Å². The number of nitrogens with zero attached hydrogens (tertiary/aromatic N) is 2. The Balaban J connectivity index is 1.57. The van der Waals surface area contributed by atoms with Crippen LogP contribution in [0.3, 0.4) is 0 Å². The average Bonchev–Trinajstić information content (AvgIpc) is 2.76. The molecule has 4 rings (SSSR count). The fraction of sp³-hybridized carbons (Fsp3) is 0.440. The second-order valence-electron chi connectivity index (χ2n) is 8.51. The number of aromatic nitrogens is 2. The molecule has 0 aliphatic heterocycles. The topological polar surface area (TPSA) is 65.5 Å². The third kappa shape index (κ3) is 5.70. The van der Waals surface area contributed by atoms with Gasteiger partial charge in [0.15, 0.2) is 11.5 Å². The molecule has 1 aliphatic carbocycles. The number of halogens is 3. The van der Waals surface area contributed by atoms with Gasteiger partial charge in [-0.25, -0.2) is 9.97 Å². The summed E-state index contributed by atoms with van der Waals surface area (Å²) in [6, 6.07) is 8.78. The summed E-state index contributed by atoms with van der Waals surface area (Å²) in [4.78, 5) is 8.96. The molecule has 1 heterocycles. The largest absolute Gasteiger partial charge is 0.493 e. The molecule has 6 nitrogen and oxygen atoms in total. The van der Waals surface area contributed by atoms with E-state index in [4.69, 9.17) is 14.2 Å². The summed E-state index contributed by atoms with van der Waals surface area (Å²) in [6.07, 6.45) is -0.899. The lowest BCUT2D eigenvalue weighted by Gasteiger charge is -2.27.